The summed E-state index contributed by atoms with van der Waals surface area (Å²) in [5.41, 5.74) is 3.71. The number of fused-ring (bicyclic) bond motifs is 1. The quantitative estimate of drug-likeness (QED) is 0.334. The predicted octanol–water partition coefficient (Wildman–Crippen LogP) is 5.08. The van der Waals surface area contributed by atoms with E-state index in [9.17, 15) is 9.59 Å². The molecule has 0 fully saturated rings. The minimum Gasteiger partial charge on any atom is -0.496 e. The lowest BCUT2D eigenvalue weighted by Crippen LogP contribution is -2.44. The fraction of sp³-hybridized carbons (Fsp3) is 0.233. The molecule has 5 rings (SSSR count). The number of anilines is 1. The zero-order chi connectivity index (χ0) is 27.4. The minimum absolute atomic E-state index is 0.161. The van der Waals surface area contributed by atoms with Gasteiger partial charge in [-0.15, -0.1) is 0 Å². The van der Waals surface area contributed by atoms with Crippen molar-refractivity contribution in [3.05, 3.63) is 95.7 Å². The Kier molecular flexibility index (Phi) is 7.88. The summed E-state index contributed by atoms with van der Waals surface area (Å²) in [7, 11) is 1.60. The molecule has 0 saturated heterocycles. The Morgan fingerprint density at radius 2 is 1.74 bits per heavy atom. The van der Waals surface area contributed by atoms with Crippen LogP contribution in [0.15, 0.2) is 83.9 Å². The Labute approximate surface area is 231 Å². The van der Waals surface area contributed by atoms with Crippen molar-refractivity contribution in [2.75, 3.05) is 24.4 Å². The van der Waals surface area contributed by atoms with Crippen molar-refractivity contribution in [3.63, 3.8) is 0 Å². The summed E-state index contributed by atoms with van der Waals surface area (Å²) in [6, 6.07) is 23.6. The van der Waals surface area contributed by atoms with E-state index >= 15 is 0 Å². The van der Waals surface area contributed by atoms with Crippen molar-refractivity contribution >= 4 is 29.3 Å². The van der Waals surface area contributed by atoms with Gasteiger partial charge in [-0.25, -0.2) is 4.68 Å². The van der Waals surface area contributed by atoms with Crippen molar-refractivity contribution in [1.82, 2.24) is 15.1 Å². The Bertz CT molecular complexity index is 1470. The zero-order valence-corrected chi connectivity index (χ0v) is 22.9. The maximum Gasteiger partial charge on any atom is 0.248 e. The largest absolute Gasteiger partial charge is 0.496 e. The van der Waals surface area contributed by atoms with E-state index in [0.717, 1.165) is 16.3 Å². The van der Waals surface area contributed by atoms with E-state index in [1.807, 2.05) is 97.4 Å². The van der Waals surface area contributed by atoms with Crippen molar-refractivity contribution in [2.24, 2.45) is 0 Å². The monoisotopic (exact) mass is 542 g/mol. The Morgan fingerprint density at radius 3 is 2.46 bits per heavy atom. The molecule has 0 radical (unpaired) electrons. The highest BCUT2D eigenvalue weighted by molar-refractivity contribution is 8.00. The summed E-state index contributed by atoms with van der Waals surface area (Å²) in [6.45, 7) is 4.58. The van der Waals surface area contributed by atoms with E-state index in [0.29, 0.717) is 35.1 Å². The topological polar surface area (TPSA) is 85.7 Å². The second-order valence-electron chi connectivity index (χ2n) is 8.96. The first kappa shape index (κ1) is 26.4. The number of aryl methyl sites for hydroxylation is 1. The Balaban J connectivity index is 1.59. The number of carbonyl (C=O) groups excluding carboxylic acids is 2. The van der Waals surface area contributed by atoms with Crippen LogP contribution in [0.4, 0.5) is 5.69 Å². The SMILES string of the molecule is CCOc1ccc(N2C(=O)CSc3c(c(C)nn3-c3ccccc3)C2C(=O)NCc2ccccc2OC)cc1. The second-order valence-corrected chi connectivity index (χ2v) is 9.93. The number of thioether (sulfide) groups is 1. The van der Waals surface area contributed by atoms with Gasteiger partial charge in [0.15, 0.2) is 0 Å². The van der Waals surface area contributed by atoms with Crippen LogP contribution in [-0.4, -0.2) is 41.1 Å². The second kappa shape index (κ2) is 11.7. The molecule has 200 valence electrons. The van der Waals surface area contributed by atoms with E-state index in [1.165, 1.54) is 11.8 Å². The molecular weight excluding hydrogens is 512 g/mol. The van der Waals surface area contributed by atoms with E-state index in [2.05, 4.69) is 5.32 Å². The molecule has 1 aliphatic rings. The van der Waals surface area contributed by atoms with Crippen molar-refractivity contribution < 1.29 is 19.1 Å². The zero-order valence-electron chi connectivity index (χ0n) is 22.1. The third kappa shape index (κ3) is 5.35. The maximum atomic E-state index is 14.1. The van der Waals surface area contributed by atoms with Crippen molar-refractivity contribution in [2.45, 2.75) is 31.5 Å². The minimum atomic E-state index is -0.924. The summed E-state index contributed by atoms with van der Waals surface area (Å²) < 4.78 is 12.9. The summed E-state index contributed by atoms with van der Waals surface area (Å²) in [4.78, 5) is 29.3. The lowest BCUT2D eigenvalue weighted by molar-refractivity contribution is -0.126. The van der Waals surface area contributed by atoms with E-state index in [4.69, 9.17) is 14.6 Å². The van der Waals surface area contributed by atoms with Crippen molar-refractivity contribution in [1.29, 1.82) is 0 Å². The number of ether oxygens (including phenoxy) is 2. The van der Waals surface area contributed by atoms with Gasteiger partial charge in [-0.05, 0) is 56.3 Å². The molecule has 9 heteroatoms. The lowest BCUT2D eigenvalue weighted by atomic mass is 10.0. The highest BCUT2D eigenvalue weighted by Crippen LogP contribution is 2.41. The van der Waals surface area contributed by atoms with Crippen molar-refractivity contribution in [3.8, 4) is 17.2 Å². The molecule has 0 bridgehead atoms. The summed E-state index contributed by atoms with van der Waals surface area (Å²) >= 11 is 1.40. The third-order valence-corrected chi connectivity index (χ3v) is 7.57. The molecule has 0 saturated carbocycles. The average Bonchev–Trinajstić information content (AvgIpc) is 3.20. The summed E-state index contributed by atoms with van der Waals surface area (Å²) in [5.74, 6) is 1.07. The molecule has 2 amide bonds. The van der Waals surface area contributed by atoms with Crippen LogP contribution in [0.2, 0.25) is 0 Å². The number of methoxy groups -OCH3 is 1. The summed E-state index contributed by atoms with van der Waals surface area (Å²) in [6.07, 6.45) is 0. The molecule has 1 aliphatic heterocycles. The molecule has 39 heavy (non-hydrogen) atoms. The molecule has 2 heterocycles. The van der Waals surface area contributed by atoms with Crippen LogP contribution in [0, 0.1) is 6.92 Å². The molecular formula is C30H30N4O4S. The number of benzene rings is 3. The van der Waals surface area contributed by atoms with Crippen LogP contribution in [0.1, 0.15) is 29.8 Å². The molecule has 1 atom stereocenters. The average molecular weight is 543 g/mol. The molecule has 0 spiro atoms. The standard InChI is InChI=1S/C30H30N4O4S/c1-4-38-24-16-14-22(15-17-24)33-26(35)19-39-30-27(20(2)32-34(30)23-11-6-5-7-12-23)28(33)29(36)31-18-21-10-8-9-13-25(21)37-3/h5-17,28H,4,18-19H2,1-3H3,(H,31,36). The van der Waals surface area contributed by atoms with Crippen LogP contribution in [0.25, 0.3) is 5.69 Å². The van der Waals surface area contributed by atoms with Gasteiger partial charge in [0.2, 0.25) is 11.8 Å². The van der Waals surface area contributed by atoms with Gasteiger partial charge in [0.25, 0.3) is 0 Å². The van der Waals surface area contributed by atoms with Crippen LogP contribution >= 0.6 is 11.8 Å². The smallest absolute Gasteiger partial charge is 0.248 e. The number of amides is 2. The molecule has 0 aliphatic carbocycles. The fourth-order valence-electron chi connectivity index (χ4n) is 4.73. The van der Waals surface area contributed by atoms with Gasteiger partial charge in [-0.2, -0.15) is 5.10 Å². The number of carbonyl (C=O) groups is 2. The van der Waals surface area contributed by atoms with E-state index in [-0.39, 0.29) is 24.1 Å². The first-order valence-corrected chi connectivity index (χ1v) is 13.7. The number of aromatic nitrogens is 2. The highest BCUT2D eigenvalue weighted by Gasteiger charge is 2.40. The highest BCUT2D eigenvalue weighted by atomic mass is 32.2. The Morgan fingerprint density at radius 1 is 1.03 bits per heavy atom. The fourth-order valence-corrected chi connectivity index (χ4v) is 5.81. The Hall–Kier alpha value is -4.24. The van der Waals surface area contributed by atoms with Gasteiger partial charge in [0, 0.05) is 23.4 Å². The number of hydrogen-bond acceptors (Lipinski definition) is 6. The molecule has 8 nitrogen and oxygen atoms in total. The van der Waals surface area contributed by atoms with Crippen LogP contribution in [0.5, 0.6) is 11.5 Å². The van der Waals surface area contributed by atoms with Gasteiger partial charge in [0.1, 0.15) is 22.6 Å². The third-order valence-electron chi connectivity index (χ3n) is 6.52. The van der Waals surface area contributed by atoms with Gasteiger partial charge >= 0.3 is 0 Å². The number of rotatable bonds is 8. The summed E-state index contributed by atoms with van der Waals surface area (Å²) in [5, 5.41) is 8.64. The predicted molar refractivity (Wildman–Crippen MR) is 152 cm³/mol. The maximum absolute atomic E-state index is 14.1. The van der Waals surface area contributed by atoms with E-state index in [1.54, 1.807) is 12.0 Å². The van der Waals surface area contributed by atoms with Gasteiger partial charge in [-0.1, -0.05) is 48.2 Å². The van der Waals surface area contributed by atoms with Gasteiger partial charge in [-0.3, -0.25) is 14.5 Å². The first-order valence-electron chi connectivity index (χ1n) is 12.7. The molecule has 1 aromatic heterocycles. The molecule has 1 N–H and O–H groups in total. The number of nitrogens with one attached hydrogen (secondary N) is 1. The lowest BCUT2D eigenvalue weighted by Gasteiger charge is -2.30. The van der Waals surface area contributed by atoms with Crippen LogP contribution in [0.3, 0.4) is 0 Å². The number of hydrogen-bond donors (Lipinski definition) is 1. The molecule has 4 aromatic rings. The van der Waals surface area contributed by atoms with Gasteiger partial charge < -0.3 is 14.8 Å². The van der Waals surface area contributed by atoms with Crippen LogP contribution < -0.4 is 19.7 Å². The van der Waals surface area contributed by atoms with Crippen LogP contribution in [-0.2, 0) is 16.1 Å². The number of para-hydroxylation sites is 2. The number of nitrogens with zero attached hydrogens (tertiary/aromatic N) is 3. The van der Waals surface area contributed by atoms with E-state index < -0.39 is 6.04 Å². The first-order chi connectivity index (χ1) is 19.0. The molecule has 3 aromatic carbocycles. The van der Waals surface area contributed by atoms with Gasteiger partial charge in [0.05, 0.1) is 30.9 Å². The molecule has 1 unspecified atom stereocenters. The normalized spacial score (nSPS) is 14.9.